The van der Waals surface area contributed by atoms with Crippen LogP contribution in [0.15, 0.2) is 65.2 Å². The fourth-order valence-corrected chi connectivity index (χ4v) is 2.48. The van der Waals surface area contributed by atoms with E-state index in [0.717, 1.165) is 18.4 Å². The molecule has 6 nitrogen and oxygen atoms in total. The number of hydrogen-bond acceptors (Lipinski definition) is 5. The van der Waals surface area contributed by atoms with Gasteiger partial charge in [-0.25, -0.2) is 5.84 Å². The summed E-state index contributed by atoms with van der Waals surface area (Å²) in [6.07, 6.45) is 1.85. The minimum absolute atomic E-state index is 0.122. The number of carbonyl (C=O) groups is 1. The molecule has 0 radical (unpaired) electrons. The molecule has 25 heavy (non-hydrogen) atoms. The van der Waals surface area contributed by atoms with E-state index in [1.54, 1.807) is 0 Å². The summed E-state index contributed by atoms with van der Waals surface area (Å²) in [5.41, 5.74) is 4.17. The Morgan fingerprint density at radius 1 is 1.12 bits per heavy atom. The molecule has 0 spiro atoms. The van der Waals surface area contributed by atoms with Crippen LogP contribution < -0.4 is 16.0 Å². The lowest BCUT2D eigenvalue weighted by molar-refractivity contribution is 0.0944. The van der Waals surface area contributed by atoms with Crippen molar-refractivity contribution in [3.05, 3.63) is 71.9 Å². The lowest BCUT2D eigenvalue weighted by Gasteiger charge is -2.09. The Morgan fingerprint density at radius 2 is 1.88 bits per heavy atom. The monoisotopic (exact) mass is 337 g/mol. The molecule has 6 heteroatoms. The first-order chi connectivity index (χ1) is 12.3. The number of amides is 1. The number of nitrogens with zero attached hydrogens (tertiary/aromatic N) is 1. The predicted molar refractivity (Wildman–Crippen MR) is 93.9 cm³/mol. The Hall–Kier alpha value is -3.12. The number of hydrogen-bond donors (Lipinski definition) is 2. The molecule has 0 fully saturated rings. The van der Waals surface area contributed by atoms with Gasteiger partial charge in [-0.05, 0) is 30.5 Å². The van der Waals surface area contributed by atoms with E-state index in [9.17, 15) is 4.79 Å². The molecule has 3 rings (SSSR count). The van der Waals surface area contributed by atoms with E-state index in [0.29, 0.717) is 18.1 Å². The molecule has 2 aromatic carbocycles. The average Bonchev–Trinajstić information content (AvgIpc) is 3.16. The van der Waals surface area contributed by atoms with Crippen LogP contribution in [0.2, 0.25) is 0 Å². The molecule has 1 heterocycles. The number of aryl methyl sites for hydroxylation is 1. The molecule has 3 N–H and O–H groups in total. The van der Waals surface area contributed by atoms with Gasteiger partial charge in [0.25, 0.3) is 5.91 Å². The number of ether oxygens (including phenoxy) is 1. The Kier molecular flexibility index (Phi) is 5.43. The molecule has 0 bridgehead atoms. The van der Waals surface area contributed by atoms with Gasteiger partial charge in [-0.15, -0.1) is 0 Å². The van der Waals surface area contributed by atoms with Gasteiger partial charge in [0.15, 0.2) is 11.5 Å². The van der Waals surface area contributed by atoms with Gasteiger partial charge in [0.05, 0.1) is 12.2 Å². The highest BCUT2D eigenvalue weighted by molar-refractivity contribution is 5.92. The zero-order chi connectivity index (χ0) is 17.5. The summed E-state index contributed by atoms with van der Waals surface area (Å²) in [7, 11) is 0. The van der Waals surface area contributed by atoms with Crippen molar-refractivity contribution < 1.29 is 14.1 Å². The fraction of sp³-hybridized carbons (Fsp3) is 0.158. The molecule has 0 atom stereocenters. The minimum atomic E-state index is -0.503. The number of para-hydroxylation sites is 1. The molecule has 3 aromatic rings. The van der Waals surface area contributed by atoms with E-state index in [-0.39, 0.29) is 5.69 Å². The first kappa shape index (κ1) is 16.7. The van der Waals surface area contributed by atoms with Crippen LogP contribution in [0.25, 0.3) is 11.3 Å². The maximum Gasteiger partial charge on any atom is 0.287 e. The Bertz CT molecular complexity index is 831. The van der Waals surface area contributed by atoms with Crippen molar-refractivity contribution >= 4 is 5.91 Å². The summed E-state index contributed by atoms with van der Waals surface area (Å²) in [6, 6.07) is 19.3. The molecule has 0 aliphatic carbocycles. The van der Waals surface area contributed by atoms with Crippen molar-refractivity contribution in [2.24, 2.45) is 5.84 Å². The highest BCUT2D eigenvalue weighted by atomic mass is 16.5. The van der Waals surface area contributed by atoms with Crippen molar-refractivity contribution in [1.29, 1.82) is 0 Å². The maximum atomic E-state index is 11.5. The van der Waals surface area contributed by atoms with E-state index in [1.165, 1.54) is 11.6 Å². The van der Waals surface area contributed by atoms with Crippen molar-refractivity contribution in [3.63, 3.8) is 0 Å². The van der Waals surface area contributed by atoms with Crippen LogP contribution in [0.3, 0.4) is 0 Å². The highest BCUT2D eigenvalue weighted by Crippen LogP contribution is 2.30. The summed E-state index contributed by atoms with van der Waals surface area (Å²) in [4.78, 5) is 11.5. The Morgan fingerprint density at radius 3 is 2.68 bits per heavy atom. The summed E-state index contributed by atoms with van der Waals surface area (Å²) >= 11 is 0. The third-order valence-electron chi connectivity index (χ3n) is 3.74. The summed E-state index contributed by atoms with van der Waals surface area (Å²) in [5, 5.41) is 3.72. The molecule has 128 valence electrons. The zero-order valence-corrected chi connectivity index (χ0v) is 13.6. The van der Waals surface area contributed by atoms with Crippen molar-refractivity contribution in [2.75, 3.05) is 6.61 Å². The summed E-state index contributed by atoms with van der Waals surface area (Å²) in [5.74, 6) is 5.74. The first-order valence-electron chi connectivity index (χ1n) is 8.01. The van der Waals surface area contributed by atoms with E-state index in [4.69, 9.17) is 15.1 Å². The highest BCUT2D eigenvalue weighted by Gasteiger charge is 2.15. The van der Waals surface area contributed by atoms with Gasteiger partial charge in [0.1, 0.15) is 5.75 Å². The largest absolute Gasteiger partial charge is 0.493 e. The number of carbonyl (C=O) groups excluding carboxylic acids is 1. The second-order valence-corrected chi connectivity index (χ2v) is 5.48. The predicted octanol–water partition coefficient (Wildman–Crippen LogP) is 2.96. The number of nitrogens with two attached hydrogens (primary N) is 1. The smallest absolute Gasteiger partial charge is 0.287 e. The third-order valence-corrected chi connectivity index (χ3v) is 3.74. The van der Waals surface area contributed by atoms with Gasteiger partial charge in [-0.3, -0.25) is 10.2 Å². The van der Waals surface area contributed by atoms with Crippen LogP contribution in [0, 0.1) is 0 Å². The van der Waals surface area contributed by atoms with E-state index in [2.05, 4.69) is 17.3 Å². The van der Waals surface area contributed by atoms with Gasteiger partial charge >= 0.3 is 0 Å². The molecule has 0 saturated heterocycles. The molecule has 1 amide bonds. The van der Waals surface area contributed by atoms with E-state index >= 15 is 0 Å². The Balaban J connectivity index is 1.65. The second kappa shape index (κ2) is 8.12. The topological polar surface area (TPSA) is 90.4 Å². The Labute approximate surface area is 145 Å². The van der Waals surface area contributed by atoms with Crippen LogP contribution in [0.4, 0.5) is 0 Å². The SMILES string of the molecule is NNC(=O)c1cc(-c2ccccc2OCCCc2ccccc2)on1. The lowest BCUT2D eigenvalue weighted by atomic mass is 10.1. The van der Waals surface area contributed by atoms with E-state index in [1.807, 2.05) is 47.9 Å². The quantitative estimate of drug-likeness (QED) is 0.299. The molecule has 0 aliphatic rings. The van der Waals surface area contributed by atoms with Crippen LogP contribution in [-0.2, 0) is 6.42 Å². The van der Waals surface area contributed by atoms with E-state index < -0.39 is 5.91 Å². The zero-order valence-electron chi connectivity index (χ0n) is 13.6. The molecular formula is C19H19N3O3. The van der Waals surface area contributed by atoms with Crippen molar-refractivity contribution in [1.82, 2.24) is 10.6 Å². The third kappa shape index (κ3) is 4.24. The summed E-state index contributed by atoms with van der Waals surface area (Å²) < 4.78 is 11.1. The van der Waals surface area contributed by atoms with Gasteiger partial charge in [0, 0.05) is 6.07 Å². The van der Waals surface area contributed by atoms with Crippen LogP contribution in [0.1, 0.15) is 22.5 Å². The lowest BCUT2D eigenvalue weighted by Crippen LogP contribution is -2.30. The number of nitrogens with one attached hydrogen (secondary N) is 1. The number of nitrogen functional groups attached to an aromatic ring is 1. The van der Waals surface area contributed by atoms with Crippen LogP contribution in [0.5, 0.6) is 5.75 Å². The number of rotatable bonds is 7. The maximum absolute atomic E-state index is 11.5. The van der Waals surface area contributed by atoms with Crippen LogP contribution in [-0.4, -0.2) is 17.7 Å². The van der Waals surface area contributed by atoms with Crippen LogP contribution >= 0.6 is 0 Å². The fourth-order valence-electron chi connectivity index (χ4n) is 2.48. The standard InChI is InChI=1S/C19H19N3O3/c20-21-19(23)16-13-18(25-22-16)15-10-4-5-11-17(15)24-12-6-9-14-7-2-1-3-8-14/h1-5,7-8,10-11,13H,6,9,12,20H2,(H,21,23). The molecular weight excluding hydrogens is 318 g/mol. The molecule has 0 saturated carbocycles. The molecule has 1 aromatic heterocycles. The van der Waals surface area contributed by atoms with Gasteiger partial charge in [-0.1, -0.05) is 47.6 Å². The molecule has 0 aliphatic heterocycles. The van der Waals surface area contributed by atoms with Crippen molar-refractivity contribution in [2.45, 2.75) is 12.8 Å². The van der Waals surface area contributed by atoms with Gasteiger partial charge in [-0.2, -0.15) is 0 Å². The molecule has 0 unspecified atom stereocenters. The summed E-state index contributed by atoms with van der Waals surface area (Å²) in [6.45, 7) is 0.580. The first-order valence-corrected chi connectivity index (χ1v) is 8.01. The number of aromatic nitrogens is 1. The second-order valence-electron chi connectivity index (χ2n) is 5.48. The number of hydrazine groups is 1. The number of benzene rings is 2. The van der Waals surface area contributed by atoms with Gasteiger partial charge in [0.2, 0.25) is 0 Å². The van der Waals surface area contributed by atoms with Crippen molar-refractivity contribution in [3.8, 4) is 17.1 Å². The average molecular weight is 337 g/mol. The minimum Gasteiger partial charge on any atom is -0.493 e. The van der Waals surface area contributed by atoms with Gasteiger partial charge < -0.3 is 9.26 Å². The normalized spacial score (nSPS) is 10.4.